The molecule has 0 saturated carbocycles. The third-order valence-corrected chi connectivity index (χ3v) is 2.29. The highest BCUT2D eigenvalue weighted by Crippen LogP contribution is 2.03. The SMILES string of the molecule is CNCC(C)CN(C)C(C)CC#N. The molecule has 0 aromatic carbocycles. The summed E-state index contributed by atoms with van der Waals surface area (Å²) in [6.45, 7) is 6.38. The predicted molar refractivity (Wildman–Crippen MR) is 55.4 cm³/mol. The maximum Gasteiger partial charge on any atom is 0.0638 e. The zero-order valence-corrected chi connectivity index (χ0v) is 9.17. The average molecular weight is 183 g/mol. The fourth-order valence-corrected chi connectivity index (χ4v) is 1.37. The zero-order valence-electron chi connectivity index (χ0n) is 9.17. The van der Waals surface area contributed by atoms with Crippen LogP contribution in [-0.2, 0) is 0 Å². The first-order chi connectivity index (χ1) is 6.11. The lowest BCUT2D eigenvalue weighted by atomic mass is 10.1. The minimum absolute atomic E-state index is 0.365. The van der Waals surface area contributed by atoms with Crippen molar-refractivity contribution in [1.82, 2.24) is 10.2 Å². The van der Waals surface area contributed by atoms with Crippen molar-refractivity contribution in [3.05, 3.63) is 0 Å². The van der Waals surface area contributed by atoms with Gasteiger partial charge in [0.15, 0.2) is 0 Å². The Kier molecular flexibility index (Phi) is 6.56. The Balaban J connectivity index is 3.72. The molecule has 3 heteroatoms. The van der Waals surface area contributed by atoms with Crippen molar-refractivity contribution in [3.8, 4) is 6.07 Å². The lowest BCUT2D eigenvalue weighted by molar-refractivity contribution is 0.225. The van der Waals surface area contributed by atoms with Gasteiger partial charge in [-0.25, -0.2) is 0 Å². The van der Waals surface area contributed by atoms with E-state index >= 15 is 0 Å². The van der Waals surface area contributed by atoms with Gasteiger partial charge in [-0.15, -0.1) is 0 Å². The van der Waals surface area contributed by atoms with Crippen molar-refractivity contribution < 1.29 is 0 Å². The largest absolute Gasteiger partial charge is 0.319 e. The number of hydrogen-bond donors (Lipinski definition) is 1. The van der Waals surface area contributed by atoms with Crippen molar-refractivity contribution in [2.75, 3.05) is 27.2 Å². The Hall–Kier alpha value is -0.590. The molecule has 0 bridgehead atoms. The maximum atomic E-state index is 8.53. The fourth-order valence-electron chi connectivity index (χ4n) is 1.37. The van der Waals surface area contributed by atoms with Crippen molar-refractivity contribution >= 4 is 0 Å². The number of nitrogens with zero attached hydrogens (tertiary/aromatic N) is 2. The van der Waals surface area contributed by atoms with Crippen molar-refractivity contribution in [2.45, 2.75) is 26.3 Å². The molecule has 3 nitrogen and oxygen atoms in total. The average Bonchev–Trinajstić information content (AvgIpc) is 2.05. The van der Waals surface area contributed by atoms with Crippen LogP contribution in [0.25, 0.3) is 0 Å². The maximum absolute atomic E-state index is 8.53. The second kappa shape index (κ2) is 6.88. The Morgan fingerprint density at radius 2 is 2.08 bits per heavy atom. The summed E-state index contributed by atoms with van der Waals surface area (Å²) in [4.78, 5) is 2.24. The molecule has 0 aliphatic rings. The summed E-state index contributed by atoms with van der Waals surface area (Å²) in [7, 11) is 4.05. The van der Waals surface area contributed by atoms with Gasteiger partial charge in [-0.05, 0) is 33.5 Å². The molecule has 0 rings (SSSR count). The van der Waals surface area contributed by atoms with Crippen LogP contribution in [0, 0.1) is 17.2 Å². The second-order valence-corrected chi connectivity index (χ2v) is 3.81. The molecule has 0 amide bonds. The highest BCUT2D eigenvalue weighted by atomic mass is 15.1. The first kappa shape index (κ1) is 12.4. The van der Waals surface area contributed by atoms with Crippen LogP contribution < -0.4 is 5.32 Å². The number of nitriles is 1. The molecule has 13 heavy (non-hydrogen) atoms. The zero-order chi connectivity index (χ0) is 10.3. The molecular weight excluding hydrogens is 162 g/mol. The van der Waals surface area contributed by atoms with Gasteiger partial charge in [0.05, 0.1) is 12.5 Å². The predicted octanol–water partition coefficient (Wildman–Crippen LogP) is 1.08. The van der Waals surface area contributed by atoms with E-state index in [4.69, 9.17) is 5.26 Å². The molecule has 0 saturated heterocycles. The molecule has 76 valence electrons. The quantitative estimate of drug-likeness (QED) is 0.669. The van der Waals surface area contributed by atoms with Crippen molar-refractivity contribution in [3.63, 3.8) is 0 Å². The van der Waals surface area contributed by atoms with Crippen LogP contribution in [0.4, 0.5) is 0 Å². The summed E-state index contributed by atoms with van der Waals surface area (Å²) in [6, 6.07) is 2.56. The third kappa shape index (κ3) is 5.62. The van der Waals surface area contributed by atoms with E-state index in [0.29, 0.717) is 18.4 Å². The Labute approximate surface area is 81.7 Å². The highest BCUT2D eigenvalue weighted by Gasteiger charge is 2.11. The smallest absolute Gasteiger partial charge is 0.0638 e. The van der Waals surface area contributed by atoms with E-state index in [2.05, 4.69) is 37.2 Å². The summed E-state index contributed by atoms with van der Waals surface area (Å²) < 4.78 is 0. The van der Waals surface area contributed by atoms with Gasteiger partial charge in [-0.2, -0.15) is 5.26 Å². The van der Waals surface area contributed by atoms with E-state index in [-0.39, 0.29) is 0 Å². The van der Waals surface area contributed by atoms with Crippen LogP contribution in [0.3, 0.4) is 0 Å². The molecule has 0 aliphatic heterocycles. The molecule has 1 N–H and O–H groups in total. The van der Waals surface area contributed by atoms with Crippen molar-refractivity contribution in [1.29, 1.82) is 5.26 Å². The van der Waals surface area contributed by atoms with Crippen molar-refractivity contribution in [2.24, 2.45) is 5.92 Å². The molecule has 0 fully saturated rings. The van der Waals surface area contributed by atoms with Crippen LogP contribution in [0.1, 0.15) is 20.3 Å². The fraction of sp³-hybridized carbons (Fsp3) is 0.900. The first-order valence-electron chi connectivity index (χ1n) is 4.83. The van der Waals surface area contributed by atoms with E-state index in [9.17, 15) is 0 Å². The third-order valence-electron chi connectivity index (χ3n) is 2.29. The van der Waals surface area contributed by atoms with Gasteiger partial charge in [0.1, 0.15) is 0 Å². The van der Waals surface area contributed by atoms with Gasteiger partial charge in [0.2, 0.25) is 0 Å². The molecule has 2 unspecified atom stereocenters. The lowest BCUT2D eigenvalue weighted by Gasteiger charge is -2.25. The highest BCUT2D eigenvalue weighted by molar-refractivity contribution is 4.79. The van der Waals surface area contributed by atoms with Gasteiger partial charge in [-0.3, -0.25) is 0 Å². The van der Waals surface area contributed by atoms with Crippen LogP contribution >= 0.6 is 0 Å². The van der Waals surface area contributed by atoms with Crippen LogP contribution in [0.15, 0.2) is 0 Å². The first-order valence-corrected chi connectivity index (χ1v) is 4.83. The second-order valence-electron chi connectivity index (χ2n) is 3.81. The number of rotatable bonds is 6. The Bertz CT molecular complexity index is 162. The number of nitrogens with one attached hydrogen (secondary N) is 1. The molecule has 2 atom stereocenters. The van der Waals surface area contributed by atoms with Gasteiger partial charge in [-0.1, -0.05) is 6.92 Å². The molecule has 0 spiro atoms. The van der Waals surface area contributed by atoms with E-state index in [1.54, 1.807) is 0 Å². The summed E-state index contributed by atoms with van der Waals surface area (Å²) in [5.41, 5.74) is 0. The van der Waals surface area contributed by atoms with E-state index in [1.165, 1.54) is 0 Å². The lowest BCUT2D eigenvalue weighted by Crippen LogP contribution is -2.35. The molecule has 0 aliphatic carbocycles. The summed E-state index contributed by atoms with van der Waals surface area (Å²) >= 11 is 0. The monoisotopic (exact) mass is 183 g/mol. The summed E-state index contributed by atoms with van der Waals surface area (Å²) in [5, 5.41) is 11.7. The van der Waals surface area contributed by atoms with E-state index < -0.39 is 0 Å². The number of hydrogen-bond acceptors (Lipinski definition) is 3. The Morgan fingerprint density at radius 1 is 1.46 bits per heavy atom. The minimum Gasteiger partial charge on any atom is -0.319 e. The standard InChI is InChI=1S/C10H21N3/c1-9(7-12-3)8-13(4)10(2)5-6-11/h9-10,12H,5,7-8H2,1-4H3. The van der Waals surface area contributed by atoms with Gasteiger partial charge < -0.3 is 10.2 Å². The molecule has 0 heterocycles. The van der Waals surface area contributed by atoms with Crippen LogP contribution in [-0.4, -0.2) is 38.1 Å². The van der Waals surface area contributed by atoms with Gasteiger partial charge in [0.25, 0.3) is 0 Å². The van der Waals surface area contributed by atoms with Gasteiger partial charge >= 0.3 is 0 Å². The molecule has 0 radical (unpaired) electrons. The normalized spacial score (nSPS) is 15.4. The van der Waals surface area contributed by atoms with Crippen LogP contribution in [0.5, 0.6) is 0 Å². The molecule has 0 aromatic rings. The summed E-state index contributed by atoms with van der Waals surface area (Å²) in [6.07, 6.45) is 0.614. The topological polar surface area (TPSA) is 39.1 Å². The van der Waals surface area contributed by atoms with Gasteiger partial charge in [0, 0.05) is 12.6 Å². The molecule has 0 aromatic heterocycles. The molecular formula is C10H21N3. The van der Waals surface area contributed by atoms with E-state index in [0.717, 1.165) is 13.1 Å². The van der Waals surface area contributed by atoms with E-state index in [1.807, 2.05) is 7.05 Å². The minimum atomic E-state index is 0.365. The van der Waals surface area contributed by atoms with Crippen LogP contribution in [0.2, 0.25) is 0 Å². The Morgan fingerprint density at radius 3 is 2.54 bits per heavy atom. The summed E-state index contributed by atoms with van der Waals surface area (Å²) in [5.74, 6) is 0.635.